The third-order valence-electron chi connectivity index (χ3n) is 2.55. The van der Waals surface area contributed by atoms with Gasteiger partial charge in [0.1, 0.15) is 0 Å². The lowest BCUT2D eigenvalue weighted by Gasteiger charge is -2.04. The molecule has 0 amide bonds. The van der Waals surface area contributed by atoms with Crippen LogP contribution >= 0.6 is 0 Å². The van der Waals surface area contributed by atoms with E-state index in [0.29, 0.717) is 0 Å². The monoisotopic (exact) mass is 184 g/mol. The number of rotatable bonds is 1. The Kier molecular flexibility index (Phi) is 2.08. The van der Waals surface area contributed by atoms with E-state index in [-0.39, 0.29) is 0 Å². The second kappa shape index (κ2) is 3.26. The second-order valence-electron chi connectivity index (χ2n) is 3.64. The highest BCUT2D eigenvalue weighted by Gasteiger charge is 2.02. The van der Waals surface area contributed by atoms with E-state index < -0.39 is 0 Å². The van der Waals surface area contributed by atoms with Gasteiger partial charge in [-0.05, 0) is 30.2 Å². The van der Waals surface area contributed by atoms with Crippen LogP contribution in [-0.4, -0.2) is 6.29 Å². The highest BCUT2D eigenvalue weighted by Crippen LogP contribution is 2.21. The van der Waals surface area contributed by atoms with Crippen molar-refractivity contribution < 1.29 is 4.79 Å². The lowest BCUT2D eigenvalue weighted by molar-refractivity contribution is 0.112. The minimum Gasteiger partial charge on any atom is -0.298 e. The zero-order valence-electron chi connectivity index (χ0n) is 8.37. The SMILES string of the molecule is Cc1ccc2c(C=O)c(C)ccc2c1. The highest BCUT2D eigenvalue weighted by atomic mass is 16.1. The van der Waals surface area contributed by atoms with Crippen molar-refractivity contribution in [3.05, 3.63) is 47.0 Å². The van der Waals surface area contributed by atoms with Crippen LogP contribution in [0.15, 0.2) is 30.3 Å². The topological polar surface area (TPSA) is 17.1 Å². The fraction of sp³-hybridized carbons (Fsp3) is 0.154. The lowest BCUT2D eigenvalue weighted by atomic mass is 9.99. The summed E-state index contributed by atoms with van der Waals surface area (Å²) in [6.45, 7) is 4.02. The number of hydrogen-bond acceptors (Lipinski definition) is 1. The van der Waals surface area contributed by atoms with Gasteiger partial charge in [0.15, 0.2) is 6.29 Å². The van der Waals surface area contributed by atoms with Crippen molar-refractivity contribution in [2.45, 2.75) is 13.8 Å². The van der Waals surface area contributed by atoms with E-state index in [1.807, 2.05) is 25.1 Å². The van der Waals surface area contributed by atoms with Gasteiger partial charge in [0, 0.05) is 5.56 Å². The molecule has 70 valence electrons. The number of hydrogen-bond donors (Lipinski definition) is 0. The summed E-state index contributed by atoms with van der Waals surface area (Å²) >= 11 is 0. The van der Waals surface area contributed by atoms with Gasteiger partial charge in [-0.3, -0.25) is 4.79 Å². The van der Waals surface area contributed by atoms with Crippen LogP contribution in [0.25, 0.3) is 10.8 Å². The van der Waals surface area contributed by atoms with Crippen molar-refractivity contribution in [2.75, 3.05) is 0 Å². The van der Waals surface area contributed by atoms with Gasteiger partial charge in [-0.2, -0.15) is 0 Å². The van der Waals surface area contributed by atoms with Gasteiger partial charge in [-0.1, -0.05) is 35.9 Å². The standard InChI is InChI=1S/C13H12O/c1-9-3-6-12-11(7-9)5-4-10(2)13(12)8-14/h3-8H,1-2H3. The maximum absolute atomic E-state index is 10.9. The van der Waals surface area contributed by atoms with Gasteiger partial charge in [0.25, 0.3) is 0 Å². The van der Waals surface area contributed by atoms with E-state index in [1.165, 1.54) is 5.56 Å². The summed E-state index contributed by atoms with van der Waals surface area (Å²) in [5, 5.41) is 2.18. The predicted molar refractivity (Wildman–Crippen MR) is 58.8 cm³/mol. The molecule has 1 nitrogen and oxygen atoms in total. The van der Waals surface area contributed by atoms with Crippen LogP contribution in [0, 0.1) is 13.8 Å². The smallest absolute Gasteiger partial charge is 0.150 e. The minimum atomic E-state index is 0.808. The number of carbonyl (C=O) groups is 1. The molecule has 0 unspecified atom stereocenters. The molecule has 0 heterocycles. The van der Waals surface area contributed by atoms with Crippen molar-refractivity contribution in [1.82, 2.24) is 0 Å². The molecule has 2 aromatic rings. The van der Waals surface area contributed by atoms with Crippen LogP contribution in [0.2, 0.25) is 0 Å². The molecule has 0 spiro atoms. The first kappa shape index (κ1) is 8.95. The van der Waals surface area contributed by atoms with Crippen LogP contribution < -0.4 is 0 Å². The summed E-state index contributed by atoms with van der Waals surface area (Å²) < 4.78 is 0. The fourth-order valence-electron chi connectivity index (χ4n) is 1.74. The molecule has 1 heteroatoms. The molecule has 0 N–H and O–H groups in total. The van der Waals surface area contributed by atoms with E-state index in [4.69, 9.17) is 0 Å². The fourth-order valence-corrected chi connectivity index (χ4v) is 1.74. The average Bonchev–Trinajstić information content (AvgIpc) is 2.18. The normalized spacial score (nSPS) is 10.4. The van der Waals surface area contributed by atoms with Crippen molar-refractivity contribution in [2.24, 2.45) is 0 Å². The highest BCUT2D eigenvalue weighted by molar-refractivity contribution is 5.99. The molecule has 0 aliphatic carbocycles. The third-order valence-corrected chi connectivity index (χ3v) is 2.55. The first-order valence-corrected chi connectivity index (χ1v) is 4.67. The minimum absolute atomic E-state index is 0.808. The molecule has 2 rings (SSSR count). The maximum atomic E-state index is 10.9. The molecule has 0 saturated heterocycles. The number of fused-ring (bicyclic) bond motifs is 1. The van der Waals surface area contributed by atoms with Crippen LogP contribution in [0.1, 0.15) is 21.5 Å². The first-order chi connectivity index (χ1) is 6.72. The third kappa shape index (κ3) is 1.31. The van der Waals surface area contributed by atoms with Crippen LogP contribution in [0.5, 0.6) is 0 Å². The summed E-state index contributed by atoms with van der Waals surface area (Å²) in [6, 6.07) is 10.2. The van der Waals surface area contributed by atoms with E-state index in [2.05, 4.69) is 19.1 Å². The quantitative estimate of drug-likeness (QED) is 0.622. The van der Waals surface area contributed by atoms with Crippen molar-refractivity contribution in [1.29, 1.82) is 0 Å². The lowest BCUT2D eigenvalue weighted by Crippen LogP contribution is -1.88. The molecule has 0 atom stereocenters. The number of aldehydes is 1. The Hall–Kier alpha value is -1.63. The van der Waals surface area contributed by atoms with Gasteiger partial charge in [-0.15, -0.1) is 0 Å². The van der Waals surface area contributed by atoms with Crippen molar-refractivity contribution >= 4 is 17.1 Å². The van der Waals surface area contributed by atoms with Gasteiger partial charge >= 0.3 is 0 Å². The molecule has 2 aromatic carbocycles. The van der Waals surface area contributed by atoms with Crippen molar-refractivity contribution in [3.63, 3.8) is 0 Å². The Morgan fingerprint density at radius 1 is 1.07 bits per heavy atom. The Morgan fingerprint density at radius 2 is 1.86 bits per heavy atom. The number of aryl methyl sites for hydroxylation is 2. The molecular formula is C13H12O. The molecule has 0 bridgehead atoms. The van der Waals surface area contributed by atoms with E-state index >= 15 is 0 Å². The van der Waals surface area contributed by atoms with E-state index in [9.17, 15) is 4.79 Å². The molecule has 0 saturated carbocycles. The zero-order valence-corrected chi connectivity index (χ0v) is 8.37. The molecule has 0 aliphatic heterocycles. The van der Waals surface area contributed by atoms with E-state index in [1.54, 1.807) is 0 Å². The molecule has 0 radical (unpaired) electrons. The summed E-state index contributed by atoms with van der Waals surface area (Å²) in [4.78, 5) is 10.9. The number of carbonyl (C=O) groups excluding carboxylic acids is 1. The second-order valence-corrected chi connectivity index (χ2v) is 3.64. The van der Waals surface area contributed by atoms with E-state index in [0.717, 1.165) is 28.2 Å². The summed E-state index contributed by atoms with van der Waals surface area (Å²) in [6.07, 6.45) is 0.937. The molecule has 0 aliphatic rings. The molecular weight excluding hydrogens is 172 g/mol. The Bertz CT molecular complexity index is 498. The van der Waals surface area contributed by atoms with Crippen LogP contribution in [-0.2, 0) is 0 Å². The summed E-state index contributed by atoms with van der Waals surface area (Å²) in [7, 11) is 0. The van der Waals surface area contributed by atoms with Crippen LogP contribution in [0.4, 0.5) is 0 Å². The molecule has 14 heavy (non-hydrogen) atoms. The summed E-state index contributed by atoms with van der Waals surface area (Å²) in [5.74, 6) is 0. The summed E-state index contributed by atoms with van der Waals surface area (Å²) in [5.41, 5.74) is 3.07. The maximum Gasteiger partial charge on any atom is 0.150 e. The van der Waals surface area contributed by atoms with Gasteiger partial charge in [0.05, 0.1) is 0 Å². The average molecular weight is 184 g/mol. The first-order valence-electron chi connectivity index (χ1n) is 4.67. The van der Waals surface area contributed by atoms with Crippen molar-refractivity contribution in [3.8, 4) is 0 Å². The largest absolute Gasteiger partial charge is 0.298 e. The van der Waals surface area contributed by atoms with Gasteiger partial charge in [0.2, 0.25) is 0 Å². The molecule has 0 aromatic heterocycles. The number of benzene rings is 2. The van der Waals surface area contributed by atoms with Gasteiger partial charge in [-0.25, -0.2) is 0 Å². The van der Waals surface area contributed by atoms with Crippen LogP contribution in [0.3, 0.4) is 0 Å². The molecule has 0 fully saturated rings. The Balaban J connectivity index is 2.88. The predicted octanol–water partition coefficient (Wildman–Crippen LogP) is 3.27. The Morgan fingerprint density at radius 3 is 2.57 bits per heavy atom. The zero-order chi connectivity index (χ0) is 10.1. The van der Waals surface area contributed by atoms with Gasteiger partial charge < -0.3 is 0 Å². The Labute approximate surface area is 83.4 Å².